The summed E-state index contributed by atoms with van der Waals surface area (Å²) in [5.41, 5.74) is 5.13. The lowest BCUT2D eigenvalue weighted by atomic mass is 10.2. The highest BCUT2D eigenvalue weighted by atomic mass is 32.1. The average Bonchev–Trinajstić information content (AvgIpc) is 3.61. The molecule has 0 amide bonds. The van der Waals surface area contributed by atoms with Crippen LogP contribution in [0, 0.1) is 0 Å². The summed E-state index contributed by atoms with van der Waals surface area (Å²) >= 11 is 1.60. The Bertz CT molecular complexity index is 1750. The van der Waals surface area contributed by atoms with Crippen molar-refractivity contribution in [2.75, 3.05) is 41.5 Å². The first kappa shape index (κ1) is 33.3. The Morgan fingerprint density at radius 3 is 1.98 bits per heavy atom. The summed E-state index contributed by atoms with van der Waals surface area (Å²) in [4.78, 5) is 48.2. The summed E-state index contributed by atoms with van der Waals surface area (Å²) in [6.07, 6.45) is 5.08. The van der Waals surface area contributed by atoms with E-state index in [-0.39, 0.29) is 0 Å². The zero-order chi connectivity index (χ0) is 33.2. The van der Waals surface area contributed by atoms with Crippen molar-refractivity contribution < 1.29 is 23.8 Å². The molecule has 0 unspecified atom stereocenters. The van der Waals surface area contributed by atoms with Crippen molar-refractivity contribution in [3.63, 3.8) is 0 Å². The number of carbonyl (C=O) groups excluding carboxylic acids is 2. The van der Waals surface area contributed by atoms with E-state index in [1.165, 1.54) is 14.2 Å². The van der Waals surface area contributed by atoms with Crippen molar-refractivity contribution in [2.45, 2.75) is 19.6 Å². The van der Waals surface area contributed by atoms with Crippen LogP contribution in [0.3, 0.4) is 0 Å². The molecule has 1 aromatic carbocycles. The lowest BCUT2D eigenvalue weighted by Gasteiger charge is -2.25. The van der Waals surface area contributed by atoms with Crippen LogP contribution in [-0.2, 0) is 29.1 Å². The molecule has 11 nitrogen and oxygen atoms in total. The second-order valence-electron chi connectivity index (χ2n) is 10.8. The zero-order valence-corrected chi connectivity index (χ0v) is 27.6. The number of rotatable bonds is 14. The SMILES string of the molecule is COC(=O)c1ccnc(CN(CCN(C)Cc2cccc(-c3ncc(-c4ccc(OC)cc4)s3)n2)Cc2cc(C(=O)OC)ccn2)c1. The minimum atomic E-state index is -0.420. The van der Waals surface area contributed by atoms with Crippen LogP contribution in [0.5, 0.6) is 5.75 Å². The van der Waals surface area contributed by atoms with Crippen LogP contribution in [0.4, 0.5) is 0 Å². The zero-order valence-electron chi connectivity index (χ0n) is 26.8. The second kappa shape index (κ2) is 16.0. The molecule has 5 rings (SSSR count). The standard InChI is InChI=1S/C35H36N6O5S/c1-40(21-27-6-5-7-31(39-27)33-38-20-32(47-33)24-8-10-30(44-2)11-9-24)16-17-41(22-28-18-25(12-14-36-28)34(42)45-3)23-29-19-26(13-15-37-29)35(43)46-4/h5-15,18-20H,16-17,21-23H2,1-4H3. The van der Waals surface area contributed by atoms with Crippen molar-refractivity contribution >= 4 is 23.3 Å². The average molecular weight is 653 g/mol. The predicted molar refractivity (Wildman–Crippen MR) is 179 cm³/mol. The van der Waals surface area contributed by atoms with Crippen molar-refractivity contribution in [1.82, 2.24) is 29.7 Å². The van der Waals surface area contributed by atoms with E-state index in [0.29, 0.717) is 55.2 Å². The van der Waals surface area contributed by atoms with E-state index >= 15 is 0 Å². The fourth-order valence-corrected chi connectivity index (χ4v) is 5.82. The van der Waals surface area contributed by atoms with Crippen molar-refractivity contribution in [2.24, 2.45) is 0 Å². The van der Waals surface area contributed by atoms with Crippen LogP contribution in [0.2, 0.25) is 0 Å². The van der Waals surface area contributed by atoms with Crippen LogP contribution >= 0.6 is 11.3 Å². The number of nitrogens with zero attached hydrogens (tertiary/aromatic N) is 6. The van der Waals surface area contributed by atoms with E-state index in [4.69, 9.17) is 19.2 Å². The fourth-order valence-electron chi connectivity index (χ4n) is 4.93. The number of ether oxygens (including phenoxy) is 3. The number of methoxy groups -OCH3 is 3. The molecule has 0 atom stereocenters. The van der Waals surface area contributed by atoms with Crippen molar-refractivity contribution in [3.05, 3.63) is 114 Å². The molecule has 0 spiro atoms. The second-order valence-corrected chi connectivity index (χ2v) is 11.8. The fraction of sp³-hybridized carbons (Fsp3) is 0.257. The maximum atomic E-state index is 12.1. The van der Waals surface area contributed by atoms with Gasteiger partial charge in [-0.1, -0.05) is 6.07 Å². The van der Waals surface area contributed by atoms with Crippen LogP contribution in [0.15, 0.2) is 85.3 Å². The summed E-state index contributed by atoms with van der Waals surface area (Å²) in [5, 5.41) is 0.856. The number of likely N-dealkylation sites (N-methyl/N-ethyl adjacent to an activating group) is 1. The molecule has 0 aliphatic rings. The number of hydrogen-bond acceptors (Lipinski definition) is 12. The normalized spacial score (nSPS) is 11.1. The van der Waals surface area contributed by atoms with Gasteiger partial charge in [-0.2, -0.15) is 0 Å². The van der Waals surface area contributed by atoms with Gasteiger partial charge in [-0.3, -0.25) is 19.8 Å². The summed E-state index contributed by atoms with van der Waals surface area (Å²) in [6.45, 7) is 2.90. The molecular weight excluding hydrogens is 616 g/mol. The number of hydrogen-bond donors (Lipinski definition) is 0. The molecule has 12 heteroatoms. The molecule has 0 saturated carbocycles. The third kappa shape index (κ3) is 9.03. The maximum absolute atomic E-state index is 12.1. The van der Waals surface area contributed by atoms with Crippen LogP contribution < -0.4 is 4.74 Å². The lowest BCUT2D eigenvalue weighted by molar-refractivity contribution is 0.0591. The molecular formula is C35H36N6O5S. The number of carbonyl (C=O) groups is 2. The highest BCUT2D eigenvalue weighted by Gasteiger charge is 2.16. The number of benzene rings is 1. The molecule has 4 heterocycles. The van der Waals surface area contributed by atoms with E-state index in [1.54, 1.807) is 55.1 Å². The van der Waals surface area contributed by atoms with E-state index in [1.807, 2.05) is 55.7 Å². The maximum Gasteiger partial charge on any atom is 0.337 e. The Labute approximate surface area is 277 Å². The van der Waals surface area contributed by atoms with Gasteiger partial charge in [-0.25, -0.2) is 19.6 Å². The lowest BCUT2D eigenvalue weighted by Crippen LogP contribution is -2.33. The van der Waals surface area contributed by atoms with Gasteiger partial charge in [0.25, 0.3) is 0 Å². The summed E-state index contributed by atoms with van der Waals surface area (Å²) in [7, 11) is 6.41. The quantitative estimate of drug-likeness (QED) is 0.144. The summed E-state index contributed by atoms with van der Waals surface area (Å²) < 4.78 is 15.0. The van der Waals surface area contributed by atoms with Crippen LogP contribution in [0.25, 0.3) is 21.1 Å². The smallest absolute Gasteiger partial charge is 0.337 e. The van der Waals surface area contributed by atoms with Gasteiger partial charge >= 0.3 is 11.9 Å². The van der Waals surface area contributed by atoms with Crippen LogP contribution in [0.1, 0.15) is 37.8 Å². The Balaban J connectivity index is 1.27. The Morgan fingerprint density at radius 1 is 0.745 bits per heavy atom. The van der Waals surface area contributed by atoms with Gasteiger partial charge in [0.1, 0.15) is 10.8 Å². The first-order valence-corrected chi connectivity index (χ1v) is 15.7. The van der Waals surface area contributed by atoms with Gasteiger partial charge in [0.05, 0.1) is 60.1 Å². The topological polar surface area (TPSA) is 120 Å². The molecule has 0 radical (unpaired) electrons. The first-order valence-electron chi connectivity index (χ1n) is 14.9. The molecule has 4 aromatic heterocycles. The van der Waals surface area contributed by atoms with E-state index in [0.717, 1.165) is 32.6 Å². The Hall–Kier alpha value is -5.04. The third-order valence-electron chi connectivity index (χ3n) is 7.38. The highest BCUT2D eigenvalue weighted by molar-refractivity contribution is 7.18. The van der Waals surface area contributed by atoms with E-state index < -0.39 is 11.9 Å². The Kier molecular flexibility index (Phi) is 11.3. The number of thiazole rings is 1. The Morgan fingerprint density at radius 2 is 1.38 bits per heavy atom. The van der Waals surface area contributed by atoms with Gasteiger partial charge in [0, 0.05) is 51.3 Å². The monoisotopic (exact) mass is 652 g/mol. The molecule has 0 bridgehead atoms. The first-order chi connectivity index (χ1) is 22.8. The minimum absolute atomic E-state index is 0.420. The van der Waals surface area contributed by atoms with Crippen molar-refractivity contribution in [3.8, 4) is 26.9 Å². The molecule has 0 fully saturated rings. The van der Waals surface area contributed by atoms with Gasteiger partial charge < -0.3 is 14.2 Å². The van der Waals surface area contributed by atoms with Crippen LogP contribution in [-0.4, -0.2) is 83.1 Å². The number of pyridine rings is 3. The number of esters is 2. The van der Waals surface area contributed by atoms with Gasteiger partial charge in [0.2, 0.25) is 0 Å². The summed E-state index contributed by atoms with van der Waals surface area (Å²) in [6, 6.07) is 20.6. The van der Waals surface area contributed by atoms with Crippen molar-refractivity contribution in [1.29, 1.82) is 0 Å². The molecule has 0 saturated heterocycles. The molecule has 47 heavy (non-hydrogen) atoms. The number of aromatic nitrogens is 4. The molecule has 242 valence electrons. The molecule has 0 aliphatic heterocycles. The van der Waals surface area contributed by atoms with Gasteiger partial charge in [-0.05, 0) is 73.3 Å². The van der Waals surface area contributed by atoms with Gasteiger partial charge in [-0.15, -0.1) is 11.3 Å². The van der Waals surface area contributed by atoms with E-state index in [9.17, 15) is 9.59 Å². The highest BCUT2D eigenvalue weighted by Crippen LogP contribution is 2.32. The molecule has 0 N–H and O–H groups in total. The van der Waals surface area contributed by atoms with E-state index in [2.05, 4.69) is 24.8 Å². The molecule has 5 aromatic rings. The molecule has 0 aliphatic carbocycles. The van der Waals surface area contributed by atoms with Gasteiger partial charge in [0.15, 0.2) is 0 Å². The summed E-state index contributed by atoms with van der Waals surface area (Å²) in [5.74, 6) is -0.0254. The third-order valence-corrected chi connectivity index (χ3v) is 8.45. The minimum Gasteiger partial charge on any atom is -0.497 e. The predicted octanol–water partition coefficient (Wildman–Crippen LogP) is 5.38. The largest absolute Gasteiger partial charge is 0.497 e.